The highest BCUT2D eigenvalue weighted by atomic mass is 16.5. The number of rotatable bonds is 5. The molecule has 1 saturated heterocycles. The molecule has 1 aromatic carbocycles. The Balaban J connectivity index is 1.39. The van der Waals surface area contributed by atoms with Crippen molar-refractivity contribution in [2.45, 2.75) is 51.2 Å². The number of imidazole rings is 1. The molecule has 2 aliphatic heterocycles. The van der Waals surface area contributed by atoms with E-state index in [1.807, 2.05) is 17.2 Å². The van der Waals surface area contributed by atoms with Crippen LogP contribution >= 0.6 is 0 Å². The molecule has 1 aromatic heterocycles. The normalized spacial score (nSPS) is 18.1. The van der Waals surface area contributed by atoms with E-state index >= 15 is 0 Å². The number of piperidine rings is 1. The topological polar surface area (TPSA) is 56.6 Å². The van der Waals surface area contributed by atoms with Gasteiger partial charge in [0.05, 0.1) is 19.3 Å². The van der Waals surface area contributed by atoms with E-state index in [1.165, 1.54) is 11.1 Å². The Bertz CT molecular complexity index is 837. The van der Waals surface area contributed by atoms with Crippen molar-refractivity contribution in [3.05, 3.63) is 47.5 Å². The van der Waals surface area contributed by atoms with Gasteiger partial charge in [-0.05, 0) is 42.5 Å². The van der Waals surface area contributed by atoms with Crippen LogP contribution in [0.3, 0.4) is 0 Å². The van der Waals surface area contributed by atoms with Gasteiger partial charge in [-0.15, -0.1) is 0 Å². The smallest absolute Gasteiger partial charge is 0.224 e. The highest BCUT2D eigenvalue weighted by Gasteiger charge is 2.41. The first-order chi connectivity index (χ1) is 13.6. The van der Waals surface area contributed by atoms with Gasteiger partial charge in [0, 0.05) is 44.9 Å². The Morgan fingerprint density at radius 2 is 2.14 bits per heavy atom. The molecule has 1 amide bonds. The van der Waals surface area contributed by atoms with Crippen molar-refractivity contribution >= 4 is 5.91 Å². The number of aryl methyl sites for hydroxylation is 2. The number of nitrogens with zero attached hydrogens (tertiary/aromatic N) is 3. The lowest BCUT2D eigenvalue weighted by atomic mass is 9.79. The number of likely N-dealkylation sites (tertiary alicyclic amines) is 1. The molecule has 0 bridgehead atoms. The van der Waals surface area contributed by atoms with Gasteiger partial charge in [0.1, 0.15) is 11.6 Å². The SMILES string of the molecule is CCc1nccn1CCC(=O)N1CCC2(CC1)OCCc1cc(OC)ccc12. The Labute approximate surface area is 166 Å². The summed E-state index contributed by atoms with van der Waals surface area (Å²) in [6.45, 7) is 5.00. The van der Waals surface area contributed by atoms with E-state index in [2.05, 4.69) is 28.6 Å². The van der Waals surface area contributed by atoms with Crippen molar-refractivity contribution in [3.8, 4) is 5.75 Å². The first-order valence-corrected chi connectivity index (χ1v) is 10.2. The van der Waals surface area contributed by atoms with Crippen LogP contribution in [0.2, 0.25) is 0 Å². The van der Waals surface area contributed by atoms with Crippen molar-refractivity contribution in [3.63, 3.8) is 0 Å². The molecule has 6 heteroatoms. The van der Waals surface area contributed by atoms with E-state index in [1.54, 1.807) is 13.3 Å². The van der Waals surface area contributed by atoms with Gasteiger partial charge >= 0.3 is 0 Å². The van der Waals surface area contributed by atoms with Crippen molar-refractivity contribution in [2.24, 2.45) is 0 Å². The number of amides is 1. The minimum absolute atomic E-state index is 0.219. The number of fused-ring (bicyclic) bond motifs is 2. The molecule has 1 spiro atoms. The standard InChI is InChI=1S/C22H29N3O3/c1-3-20-23-10-14-24(20)11-6-21(26)25-12-8-22(9-13-25)19-5-4-18(27-2)16-17(19)7-15-28-22/h4-5,10,14,16H,3,6-9,11-13,15H2,1-2H3. The predicted molar refractivity (Wildman–Crippen MR) is 106 cm³/mol. The van der Waals surface area contributed by atoms with Crippen molar-refractivity contribution in [2.75, 3.05) is 26.8 Å². The average Bonchev–Trinajstić information content (AvgIpc) is 3.20. The van der Waals surface area contributed by atoms with Crippen LogP contribution in [0.1, 0.15) is 43.1 Å². The lowest BCUT2D eigenvalue weighted by Gasteiger charge is -2.45. The molecule has 150 valence electrons. The number of benzene rings is 1. The Morgan fingerprint density at radius 3 is 2.89 bits per heavy atom. The average molecular weight is 383 g/mol. The lowest BCUT2D eigenvalue weighted by molar-refractivity contribution is -0.140. The zero-order valence-electron chi connectivity index (χ0n) is 16.8. The second-order valence-electron chi connectivity index (χ2n) is 7.64. The maximum atomic E-state index is 12.7. The molecule has 0 unspecified atom stereocenters. The molecule has 1 fully saturated rings. The van der Waals surface area contributed by atoms with Gasteiger partial charge in [-0.25, -0.2) is 4.98 Å². The van der Waals surface area contributed by atoms with Crippen molar-refractivity contribution < 1.29 is 14.3 Å². The molecule has 2 aliphatic rings. The highest BCUT2D eigenvalue weighted by molar-refractivity contribution is 5.76. The second-order valence-corrected chi connectivity index (χ2v) is 7.64. The van der Waals surface area contributed by atoms with Crippen molar-refractivity contribution in [1.29, 1.82) is 0 Å². The molecule has 6 nitrogen and oxygen atoms in total. The van der Waals surface area contributed by atoms with E-state index in [0.717, 1.165) is 57.0 Å². The second kappa shape index (κ2) is 7.95. The first kappa shape index (κ1) is 19.0. The molecular weight excluding hydrogens is 354 g/mol. The Morgan fingerprint density at radius 1 is 1.32 bits per heavy atom. The minimum Gasteiger partial charge on any atom is -0.497 e. The predicted octanol–water partition coefficient (Wildman–Crippen LogP) is 2.93. The summed E-state index contributed by atoms with van der Waals surface area (Å²) in [6.07, 6.45) is 7.79. The van der Waals surface area contributed by atoms with Gasteiger partial charge in [0.25, 0.3) is 0 Å². The van der Waals surface area contributed by atoms with E-state index in [-0.39, 0.29) is 11.5 Å². The third-order valence-electron chi connectivity index (χ3n) is 6.16. The van der Waals surface area contributed by atoms with Crippen LogP contribution in [0.15, 0.2) is 30.6 Å². The van der Waals surface area contributed by atoms with Crippen molar-refractivity contribution in [1.82, 2.24) is 14.5 Å². The number of aromatic nitrogens is 2. The molecule has 0 saturated carbocycles. The third kappa shape index (κ3) is 3.53. The summed E-state index contributed by atoms with van der Waals surface area (Å²) in [6, 6.07) is 6.30. The van der Waals surface area contributed by atoms with E-state index in [9.17, 15) is 4.79 Å². The monoisotopic (exact) mass is 383 g/mol. The third-order valence-corrected chi connectivity index (χ3v) is 6.16. The van der Waals surface area contributed by atoms with Gasteiger partial charge in [0.15, 0.2) is 0 Å². The minimum atomic E-state index is -0.254. The largest absolute Gasteiger partial charge is 0.497 e. The first-order valence-electron chi connectivity index (χ1n) is 10.2. The maximum absolute atomic E-state index is 12.7. The van der Waals surface area contributed by atoms with Crippen LogP contribution < -0.4 is 4.74 Å². The van der Waals surface area contributed by atoms with Crippen LogP contribution in [0.4, 0.5) is 0 Å². The number of carbonyl (C=O) groups is 1. The number of hydrogen-bond donors (Lipinski definition) is 0. The summed E-state index contributed by atoms with van der Waals surface area (Å²) in [5, 5.41) is 0. The fraction of sp³-hybridized carbons (Fsp3) is 0.545. The van der Waals surface area contributed by atoms with E-state index < -0.39 is 0 Å². The van der Waals surface area contributed by atoms with E-state index in [0.29, 0.717) is 13.0 Å². The quantitative estimate of drug-likeness (QED) is 0.797. The van der Waals surface area contributed by atoms with Crippen LogP contribution in [0.5, 0.6) is 5.75 Å². The molecule has 2 aromatic rings. The lowest BCUT2D eigenvalue weighted by Crippen LogP contribution is -2.48. The van der Waals surface area contributed by atoms with Gasteiger partial charge in [-0.1, -0.05) is 13.0 Å². The van der Waals surface area contributed by atoms with Crippen LogP contribution in [-0.4, -0.2) is 47.2 Å². The molecule has 0 N–H and O–H groups in total. The number of ether oxygens (including phenoxy) is 2. The van der Waals surface area contributed by atoms with Crippen LogP contribution in [-0.2, 0) is 34.5 Å². The van der Waals surface area contributed by atoms with Gasteiger partial charge < -0.3 is 18.9 Å². The Hall–Kier alpha value is -2.34. The number of hydrogen-bond acceptors (Lipinski definition) is 4. The van der Waals surface area contributed by atoms with Crippen LogP contribution in [0.25, 0.3) is 0 Å². The molecule has 28 heavy (non-hydrogen) atoms. The fourth-order valence-corrected chi connectivity index (χ4v) is 4.55. The van der Waals surface area contributed by atoms with Gasteiger partial charge in [-0.2, -0.15) is 0 Å². The molecule has 4 rings (SSSR count). The zero-order chi connectivity index (χ0) is 19.6. The van der Waals surface area contributed by atoms with Gasteiger partial charge in [-0.3, -0.25) is 4.79 Å². The summed E-state index contributed by atoms with van der Waals surface area (Å²) in [4.78, 5) is 19.1. The number of carbonyl (C=O) groups excluding carboxylic acids is 1. The molecule has 0 radical (unpaired) electrons. The molecular formula is C22H29N3O3. The fourth-order valence-electron chi connectivity index (χ4n) is 4.55. The highest BCUT2D eigenvalue weighted by Crippen LogP contribution is 2.42. The Kier molecular flexibility index (Phi) is 5.40. The molecule has 0 atom stereocenters. The zero-order valence-corrected chi connectivity index (χ0v) is 16.8. The van der Waals surface area contributed by atoms with E-state index in [4.69, 9.17) is 9.47 Å². The van der Waals surface area contributed by atoms with Gasteiger partial charge in [0.2, 0.25) is 5.91 Å². The maximum Gasteiger partial charge on any atom is 0.224 e. The number of methoxy groups -OCH3 is 1. The molecule has 0 aliphatic carbocycles. The summed E-state index contributed by atoms with van der Waals surface area (Å²) in [5.41, 5.74) is 2.34. The summed E-state index contributed by atoms with van der Waals surface area (Å²) in [5.74, 6) is 2.15. The van der Waals surface area contributed by atoms with Crippen LogP contribution in [0, 0.1) is 0 Å². The summed E-state index contributed by atoms with van der Waals surface area (Å²) < 4.78 is 13.8. The summed E-state index contributed by atoms with van der Waals surface area (Å²) >= 11 is 0. The summed E-state index contributed by atoms with van der Waals surface area (Å²) in [7, 11) is 1.70. The molecule has 3 heterocycles.